The fraction of sp³-hybridized carbons (Fsp3) is 0.800. The van der Waals surface area contributed by atoms with E-state index in [1.54, 1.807) is 20.8 Å². The van der Waals surface area contributed by atoms with Crippen molar-refractivity contribution in [2.75, 3.05) is 5.33 Å². The van der Waals surface area contributed by atoms with Crippen molar-refractivity contribution in [3.63, 3.8) is 0 Å². The van der Waals surface area contributed by atoms with Crippen LogP contribution in [-0.4, -0.2) is 34.1 Å². The van der Waals surface area contributed by atoms with Gasteiger partial charge in [0, 0.05) is 5.33 Å². The van der Waals surface area contributed by atoms with Gasteiger partial charge in [0.25, 0.3) is 0 Å². The monoisotopic (exact) mass is 295 g/mol. The molecule has 0 saturated heterocycles. The molecule has 0 radical (unpaired) electrons. The number of amides is 1. The van der Waals surface area contributed by atoms with E-state index in [0.29, 0.717) is 5.33 Å². The highest BCUT2D eigenvalue weighted by molar-refractivity contribution is 9.09. The van der Waals surface area contributed by atoms with Gasteiger partial charge >= 0.3 is 12.1 Å². The first kappa shape index (κ1) is 15.2. The number of hydrogen-bond donors (Lipinski definition) is 2. The molecule has 94 valence electrons. The number of alkyl halides is 1. The number of carboxylic acids is 1. The zero-order valence-corrected chi connectivity index (χ0v) is 11.5. The summed E-state index contributed by atoms with van der Waals surface area (Å²) in [7, 11) is 0. The molecule has 0 saturated carbocycles. The molecule has 1 unspecified atom stereocenters. The van der Waals surface area contributed by atoms with Crippen molar-refractivity contribution in [2.24, 2.45) is 5.92 Å². The number of halogens is 1. The third-order valence-electron chi connectivity index (χ3n) is 1.86. The van der Waals surface area contributed by atoms with Crippen molar-refractivity contribution in [3.05, 3.63) is 0 Å². The molecule has 2 atom stereocenters. The number of carboxylic acid groups (broad SMARTS) is 1. The molecular weight excluding hydrogens is 278 g/mol. The minimum atomic E-state index is -0.958. The van der Waals surface area contributed by atoms with Crippen LogP contribution in [0.2, 0.25) is 0 Å². The number of aliphatic carboxylic acids is 1. The van der Waals surface area contributed by atoms with Crippen LogP contribution in [0.4, 0.5) is 4.79 Å². The molecular formula is C10H18BrNO4. The van der Waals surface area contributed by atoms with E-state index in [9.17, 15) is 9.59 Å². The van der Waals surface area contributed by atoms with E-state index in [1.165, 1.54) is 6.92 Å². The predicted octanol–water partition coefficient (Wildman–Crippen LogP) is 2.00. The van der Waals surface area contributed by atoms with Crippen molar-refractivity contribution in [2.45, 2.75) is 39.3 Å². The van der Waals surface area contributed by atoms with Crippen molar-refractivity contribution < 1.29 is 19.4 Å². The van der Waals surface area contributed by atoms with Gasteiger partial charge in [-0.2, -0.15) is 0 Å². The number of hydrogen-bond acceptors (Lipinski definition) is 3. The van der Waals surface area contributed by atoms with E-state index in [2.05, 4.69) is 21.2 Å². The molecule has 0 bridgehead atoms. The minimum absolute atomic E-state index is 0.361. The van der Waals surface area contributed by atoms with Crippen LogP contribution in [0.25, 0.3) is 0 Å². The van der Waals surface area contributed by atoms with E-state index >= 15 is 0 Å². The van der Waals surface area contributed by atoms with Crippen LogP contribution in [0.5, 0.6) is 0 Å². The van der Waals surface area contributed by atoms with Gasteiger partial charge in [0.05, 0.1) is 12.0 Å². The Labute approximate surface area is 104 Å². The number of nitrogens with one attached hydrogen (secondary N) is 1. The van der Waals surface area contributed by atoms with Crippen LogP contribution >= 0.6 is 15.9 Å². The van der Waals surface area contributed by atoms with Crippen LogP contribution in [0.3, 0.4) is 0 Å². The summed E-state index contributed by atoms with van der Waals surface area (Å²) in [5.41, 5.74) is -0.590. The maximum Gasteiger partial charge on any atom is 0.407 e. The molecule has 1 amide bonds. The third-order valence-corrected chi connectivity index (χ3v) is 2.56. The predicted molar refractivity (Wildman–Crippen MR) is 63.8 cm³/mol. The normalized spacial score (nSPS) is 15.1. The molecule has 5 nitrogen and oxygen atoms in total. The van der Waals surface area contributed by atoms with E-state index < -0.39 is 29.6 Å². The van der Waals surface area contributed by atoms with Gasteiger partial charge in [0.15, 0.2) is 0 Å². The lowest BCUT2D eigenvalue weighted by Crippen LogP contribution is -2.45. The Hall–Kier alpha value is -0.780. The lowest BCUT2D eigenvalue weighted by molar-refractivity contribution is -0.141. The van der Waals surface area contributed by atoms with E-state index in [0.717, 1.165) is 0 Å². The van der Waals surface area contributed by atoms with Crippen LogP contribution in [-0.2, 0) is 9.53 Å². The molecule has 0 rings (SSSR count). The maximum atomic E-state index is 11.4. The molecule has 0 heterocycles. The second-order valence-electron chi connectivity index (χ2n) is 4.53. The molecule has 0 aliphatic rings. The third kappa shape index (κ3) is 5.95. The Balaban J connectivity index is 4.33. The van der Waals surface area contributed by atoms with Gasteiger partial charge in [-0.05, 0) is 27.7 Å². The number of ether oxygens (including phenoxy) is 1. The fourth-order valence-corrected chi connectivity index (χ4v) is 1.65. The summed E-state index contributed by atoms with van der Waals surface area (Å²) in [6, 6.07) is -0.493. The Kier molecular flexibility index (Phi) is 5.78. The highest BCUT2D eigenvalue weighted by Gasteiger charge is 2.26. The molecule has 0 aliphatic carbocycles. The van der Waals surface area contributed by atoms with Gasteiger partial charge in [-0.25, -0.2) is 4.79 Å². The lowest BCUT2D eigenvalue weighted by Gasteiger charge is -2.24. The maximum absolute atomic E-state index is 11.4. The second-order valence-corrected chi connectivity index (χ2v) is 5.18. The van der Waals surface area contributed by atoms with E-state index in [-0.39, 0.29) is 0 Å². The van der Waals surface area contributed by atoms with Gasteiger partial charge in [0.2, 0.25) is 0 Å². The molecule has 16 heavy (non-hydrogen) atoms. The highest BCUT2D eigenvalue weighted by Crippen LogP contribution is 2.10. The van der Waals surface area contributed by atoms with Crippen molar-refractivity contribution in [1.82, 2.24) is 5.32 Å². The zero-order chi connectivity index (χ0) is 12.9. The van der Waals surface area contributed by atoms with Gasteiger partial charge in [-0.15, -0.1) is 0 Å². The van der Waals surface area contributed by atoms with Gasteiger partial charge in [0.1, 0.15) is 5.60 Å². The quantitative estimate of drug-likeness (QED) is 0.778. The number of carbonyl (C=O) groups excluding carboxylic acids is 1. The Morgan fingerprint density at radius 2 is 1.94 bits per heavy atom. The topological polar surface area (TPSA) is 75.6 Å². The van der Waals surface area contributed by atoms with E-state index in [1.807, 2.05) is 0 Å². The van der Waals surface area contributed by atoms with Gasteiger partial charge in [-0.1, -0.05) is 15.9 Å². The summed E-state index contributed by atoms with van der Waals surface area (Å²) < 4.78 is 5.04. The van der Waals surface area contributed by atoms with Gasteiger partial charge in [-0.3, -0.25) is 4.79 Å². The van der Waals surface area contributed by atoms with Crippen molar-refractivity contribution >= 4 is 28.0 Å². The van der Waals surface area contributed by atoms with Crippen molar-refractivity contribution in [1.29, 1.82) is 0 Å². The zero-order valence-electron chi connectivity index (χ0n) is 9.91. The average Bonchev–Trinajstić information content (AvgIpc) is 2.09. The highest BCUT2D eigenvalue weighted by atomic mass is 79.9. The summed E-state index contributed by atoms with van der Waals surface area (Å²) >= 11 is 3.16. The molecule has 0 fully saturated rings. The molecule has 0 aromatic heterocycles. The summed E-state index contributed by atoms with van der Waals surface area (Å²) in [6.45, 7) is 6.77. The summed E-state index contributed by atoms with van der Waals surface area (Å²) in [5, 5.41) is 11.7. The number of rotatable bonds is 4. The van der Waals surface area contributed by atoms with Crippen molar-refractivity contribution in [3.8, 4) is 0 Å². The first-order valence-corrected chi connectivity index (χ1v) is 6.08. The molecule has 0 aromatic rings. The Morgan fingerprint density at radius 3 is 2.25 bits per heavy atom. The Bertz CT molecular complexity index is 262. The van der Waals surface area contributed by atoms with Gasteiger partial charge < -0.3 is 15.2 Å². The van der Waals surface area contributed by atoms with Crippen LogP contribution < -0.4 is 5.32 Å². The first-order valence-electron chi connectivity index (χ1n) is 4.95. The van der Waals surface area contributed by atoms with E-state index in [4.69, 9.17) is 9.84 Å². The average molecular weight is 296 g/mol. The molecule has 0 aromatic carbocycles. The van der Waals surface area contributed by atoms with Crippen LogP contribution in [0.15, 0.2) is 0 Å². The van der Waals surface area contributed by atoms with Crippen LogP contribution in [0, 0.1) is 5.92 Å². The lowest BCUT2D eigenvalue weighted by atomic mass is 10.0. The summed E-state index contributed by atoms with van der Waals surface area (Å²) in [5.74, 6) is -1.63. The molecule has 0 spiro atoms. The molecule has 0 aliphatic heterocycles. The number of alkyl carbamates (subject to hydrolysis) is 1. The molecule has 6 heteroatoms. The fourth-order valence-electron chi connectivity index (χ4n) is 0.928. The standard InChI is InChI=1S/C10H18BrNO4/c1-6(8(13)14)7(5-11)12-9(15)16-10(2,3)4/h6-7H,5H2,1-4H3,(H,12,15)(H,13,14)/t6-,7?/m0/s1. The first-order chi connectivity index (χ1) is 7.17. The summed E-state index contributed by atoms with van der Waals surface area (Å²) in [6.07, 6.45) is -0.606. The Morgan fingerprint density at radius 1 is 1.44 bits per heavy atom. The smallest absolute Gasteiger partial charge is 0.407 e. The number of carbonyl (C=O) groups is 2. The summed E-state index contributed by atoms with van der Waals surface area (Å²) in [4.78, 5) is 22.2. The largest absolute Gasteiger partial charge is 0.481 e. The second kappa shape index (κ2) is 6.08. The SMILES string of the molecule is C[C@H](C(=O)O)C(CBr)NC(=O)OC(C)(C)C. The molecule has 2 N–H and O–H groups in total. The minimum Gasteiger partial charge on any atom is -0.481 e. The van der Waals surface area contributed by atoms with Crippen LogP contribution in [0.1, 0.15) is 27.7 Å².